The average Bonchev–Trinajstić information content (AvgIpc) is 2.36. The summed E-state index contributed by atoms with van der Waals surface area (Å²) in [4.78, 5) is 16.2. The van der Waals surface area contributed by atoms with Crippen molar-refractivity contribution < 1.29 is 4.79 Å². The second-order valence-electron chi connectivity index (χ2n) is 5.81. The minimum absolute atomic E-state index is 0.239. The van der Waals surface area contributed by atoms with Crippen molar-refractivity contribution in [2.45, 2.75) is 45.7 Å². The molecule has 0 radical (unpaired) electrons. The van der Waals surface area contributed by atoms with E-state index in [-0.39, 0.29) is 11.9 Å². The Balaban J connectivity index is 2.45. The van der Waals surface area contributed by atoms with E-state index in [1.807, 2.05) is 19.0 Å². The molecule has 1 fully saturated rings. The van der Waals surface area contributed by atoms with Gasteiger partial charge in [-0.15, -0.1) is 0 Å². The van der Waals surface area contributed by atoms with Crippen molar-refractivity contribution in [2.75, 3.05) is 33.7 Å². The van der Waals surface area contributed by atoms with Crippen LogP contribution in [-0.2, 0) is 4.79 Å². The Morgan fingerprint density at radius 2 is 2.11 bits per heavy atom. The quantitative estimate of drug-likeness (QED) is 0.801. The summed E-state index contributed by atoms with van der Waals surface area (Å²) in [6.45, 7) is 9.02. The third kappa shape index (κ3) is 4.25. The fourth-order valence-electron chi connectivity index (χ4n) is 2.47. The number of rotatable bonds is 5. The van der Waals surface area contributed by atoms with E-state index in [1.165, 1.54) is 12.8 Å². The summed E-state index contributed by atoms with van der Waals surface area (Å²) in [6, 6.07) is 0.819. The van der Waals surface area contributed by atoms with Crippen molar-refractivity contribution in [3.8, 4) is 0 Å². The summed E-state index contributed by atoms with van der Waals surface area (Å²) in [6.07, 6.45) is 2.47. The van der Waals surface area contributed by atoms with Crippen LogP contribution in [0.4, 0.5) is 0 Å². The standard InChI is InChI=1S/C14H29N3O/c1-11(2)16(5)14(18)10-17-8-6-7-13(9-17)12(3)15-4/h11-13,15H,6-10H2,1-5H3. The first-order valence-corrected chi connectivity index (χ1v) is 7.11. The van der Waals surface area contributed by atoms with Gasteiger partial charge in [-0.3, -0.25) is 9.69 Å². The molecule has 1 N–H and O–H groups in total. The van der Waals surface area contributed by atoms with Crippen molar-refractivity contribution in [3.05, 3.63) is 0 Å². The third-order valence-electron chi connectivity index (χ3n) is 4.23. The fraction of sp³-hybridized carbons (Fsp3) is 0.929. The zero-order valence-electron chi connectivity index (χ0n) is 12.6. The molecular weight excluding hydrogens is 226 g/mol. The van der Waals surface area contributed by atoms with Crippen LogP contribution in [0.3, 0.4) is 0 Å². The Morgan fingerprint density at radius 3 is 2.67 bits per heavy atom. The number of nitrogens with one attached hydrogen (secondary N) is 1. The maximum atomic E-state index is 12.1. The van der Waals surface area contributed by atoms with Crippen molar-refractivity contribution in [1.82, 2.24) is 15.1 Å². The number of amides is 1. The predicted octanol–water partition coefficient (Wildman–Crippen LogP) is 1.17. The summed E-state index contributed by atoms with van der Waals surface area (Å²) >= 11 is 0. The molecule has 1 aliphatic heterocycles. The van der Waals surface area contributed by atoms with E-state index in [0.717, 1.165) is 13.1 Å². The minimum Gasteiger partial charge on any atom is -0.342 e. The first kappa shape index (κ1) is 15.4. The molecule has 0 aromatic heterocycles. The van der Waals surface area contributed by atoms with E-state index in [2.05, 4.69) is 31.0 Å². The molecule has 4 heteroatoms. The maximum absolute atomic E-state index is 12.1. The highest BCUT2D eigenvalue weighted by Gasteiger charge is 2.25. The third-order valence-corrected chi connectivity index (χ3v) is 4.23. The van der Waals surface area contributed by atoms with Gasteiger partial charge in [0.15, 0.2) is 0 Å². The number of hydrogen-bond donors (Lipinski definition) is 1. The van der Waals surface area contributed by atoms with Gasteiger partial charge in [-0.25, -0.2) is 0 Å². The topological polar surface area (TPSA) is 35.6 Å². The molecule has 18 heavy (non-hydrogen) atoms. The van der Waals surface area contributed by atoms with Gasteiger partial charge in [-0.05, 0) is 53.1 Å². The zero-order valence-corrected chi connectivity index (χ0v) is 12.6. The first-order valence-electron chi connectivity index (χ1n) is 7.11. The number of likely N-dealkylation sites (tertiary alicyclic amines) is 1. The fourth-order valence-corrected chi connectivity index (χ4v) is 2.47. The predicted molar refractivity (Wildman–Crippen MR) is 75.6 cm³/mol. The SMILES string of the molecule is CNC(C)C1CCCN(CC(=O)N(C)C(C)C)C1. The van der Waals surface area contributed by atoms with Crippen molar-refractivity contribution >= 4 is 5.91 Å². The number of hydrogen-bond acceptors (Lipinski definition) is 3. The van der Waals surface area contributed by atoms with E-state index in [4.69, 9.17) is 0 Å². The largest absolute Gasteiger partial charge is 0.342 e. The zero-order chi connectivity index (χ0) is 13.7. The van der Waals surface area contributed by atoms with Crippen LogP contribution in [0.15, 0.2) is 0 Å². The van der Waals surface area contributed by atoms with Gasteiger partial charge in [0.1, 0.15) is 0 Å². The Kier molecular flexibility index (Phi) is 6.09. The molecule has 0 aromatic carbocycles. The molecule has 1 aliphatic rings. The van der Waals surface area contributed by atoms with E-state index in [1.54, 1.807) is 0 Å². The van der Waals surface area contributed by atoms with Crippen LogP contribution in [0, 0.1) is 5.92 Å². The molecule has 2 atom stereocenters. The Hall–Kier alpha value is -0.610. The number of piperidine rings is 1. The van der Waals surface area contributed by atoms with Crippen LogP contribution in [-0.4, -0.2) is 61.5 Å². The summed E-state index contributed by atoms with van der Waals surface area (Å²) in [5.74, 6) is 0.906. The van der Waals surface area contributed by atoms with Gasteiger partial charge in [0.25, 0.3) is 0 Å². The highest BCUT2D eigenvalue weighted by atomic mass is 16.2. The summed E-state index contributed by atoms with van der Waals surface area (Å²) < 4.78 is 0. The van der Waals surface area contributed by atoms with Gasteiger partial charge in [0.2, 0.25) is 5.91 Å². The Labute approximate surface area is 112 Å². The molecule has 0 saturated carbocycles. The van der Waals surface area contributed by atoms with Gasteiger partial charge in [0.05, 0.1) is 6.54 Å². The van der Waals surface area contributed by atoms with Gasteiger partial charge in [0, 0.05) is 25.7 Å². The van der Waals surface area contributed by atoms with Gasteiger partial charge in [-0.1, -0.05) is 0 Å². The lowest BCUT2D eigenvalue weighted by Crippen LogP contribution is -2.48. The minimum atomic E-state index is 0.239. The lowest BCUT2D eigenvalue weighted by Gasteiger charge is -2.36. The van der Waals surface area contributed by atoms with Crippen LogP contribution >= 0.6 is 0 Å². The van der Waals surface area contributed by atoms with E-state index in [9.17, 15) is 4.79 Å². The number of nitrogens with zero attached hydrogens (tertiary/aromatic N) is 2. The average molecular weight is 255 g/mol. The smallest absolute Gasteiger partial charge is 0.236 e. The van der Waals surface area contributed by atoms with Crippen molar-refractivity contribution in [3.63, 3.8) is 0 Å². The Bertz CT molecular complexity index is 268. The normalized spacial score (nSPS) is 23.1. The molecule has 0 bridgehead atoms. The summed E-state index contributed by atoms with van der Waals surface area (Å²) in [5, 5.41) is 3.33. The number of carbonyl (C=O) groups excluding carboxylic acids is 1. The van der Waals surface area contributed by atoms with Crippen LogP contribution < -0.4 is 5.32 Å². The molecule has 1 amide bonds. The van der Waals surface area contributed by atoms with Crippen LogP contribution in [0.25, 0.3) is 0 Å². The van der Waals surface area contributed by atoms with E-state index in [0.29, 0.717) is 18.5 Å². The molecule has 4 nitrogen and oxygen atoms in total. The molecule has 2 unspecified atom stereocenters. The first-order chi connectivity index (χ1) is 8.45. The molecular formula is C14H29N3O. The molecule has 1 rings (SSSR count). The van der Waals surface area contributed by atoms with Crippen LogP contribution in [0.5, 0.6) is 0 Å². The monoisotopic (exact) mass is 255 g/mol. The molecule has 1 saturated heterocycles. The maximum Gasteiger partial charge on any atom is 0.236 e. The van der Waals surface area contributed by atoms with Crippen molar-refractivity contribution in [2.24, 2.45) is 5.92 Å². The molecule has 1 heterocycles. The molecule has 0 aromatic rings. The second-order valence-corrected chi connectivity index (χ2v) is 5.81. The lowest BCUT2D eigenvalue weighted by atomic mass is 9.91. The summed E-state index contributed by atoms with van der Waals surface area (Å²) in [5.41, 5.74) is 0. The van der Waals surface area contributed by atoms with Gasteiger partial charge in [-0.2, -0.15) is 0 Å². The Morgan fingerprint density at radius 1 is 1.44 bits per heavy atom. The van der Waals surface area contributed by atoms with E-state index >= 15 is 0 Å². The second kappa shape index (κ2) is 7.10. The number of likely N-dealkylation sites (N-methyl/N-ethyl adjacent to an activating group) is 1. The van der Waals surface area contributed by atoms with Gasteiger partial charge < -0.3 is 10.2 Å². The van der Waals surface area contributed by atoms with Crippen molar-refractivity contribution in [1.29, 1.82) is 0 Å². The van der Waals surface area contributed by atoms with E-state index < -0.39 is 0 Å². The molecule has 0 spiro atoms. The summed E-state index contributed by atoms with van der Waals surface area (Å²) in [7, 11) is 3.91. The van der Waals surface area contributed by atoms with Crippen LogP contribution in [0.1, 0.15) is 33.6 Å². The van der Waals surface area contributed by atoms with Gasteiger partial charge >= 0.3 is 0 Å². The highest BCUT2D eigenvalue weighted by molar-refractivity contribution is 5.78. The lowest BCUT2D eigenvalue weighted by molar-refractivity contribution is -0.133. The highest BCUT2D eigenvalue weighted by Crippen LogP contribution is 2.19. The van der Waals surface area contributed by atoms with Crippen LogP contribution in [0.2, 0.25) is 0 Å². The molecule has 106 valence electrons. The molecule has 0 aliphatic carbocycles. The number of carbonyl (C=O) groups is 1.